The number of H-pyrrole nitrogens is 1. The molecule has 0 radical (unpaired) electrons. The van der Waals surface area contributed by atoms with Gasteiger partial charge in [0.15, 0.2) is 0 Å². The summed E-state index contributed by atoms with van der Waals surface area (Å²) in [5.41, 5.74) is 3.40. The first-order valence-electron chi connectivity index (χ1n) is 11.9. The molecule has 35 heavy (non-hydrogen) atoms. The van der Waals surface area contributed by atoms with Crippen molar-refractivity contribution in [2.45, 2.75) is 45.8 Å². The lowest BCUT2D eigenvalue weighted by atomic mass is 10.1. The Morgan fingerprint density at radius 2 is 1.80 bits per heavy atom. The molecule has 2 N–H and O–H groups in total. The third-order valence-corrected chi connectivity index (χ3v) is 5.98. The summed E-state index contributed by atoms with van der Waals surface area (Å²) < 4.78 is 0.990. The van der Waals surface area contributed by atoms with Crippen LogP contribution in [0.15, 0.2) is 53.0 Å². The lowest BCUT2D eigenvalue weighted by molar-refractivity contribution is -0.220. The van der Waals surface area contributed by atoms with Crippen molar-refractivity contribution in [2.24, 2.45) is 0 Å². The third kappa shape index (κ3) is 8.80. The van der Waals surface area contributed by atoms with Crippen LogP contribution in [0.3, 0.4) is 0 Å². The van der Waals surface area contributed by atoms with Gasteiger partial charge in [0.05, 0.1) is 12.1 Å². The number of nitrogens with zero attached hydrogens (tertiary/aromatic N) is 2. The van der Waals surface area contributed by atoms with Crippen LogP contribution in [0.5, 0.6) is 0 Å². The Labute approximate surface area is 215 Å². The van der Waals surface area contributed by atoms with E-state index in [-0.39, 0.29) is 5.91 Å². The Morgan fingerprint density at radius 3 is 2.49 bits per heavy atom. The minimum Gasteiger partial charge on any atom is -0.351 e. The van der Waals surface area contributed by atoms with Crippen LogP contribution in [0, 0.1) is 0 Å². The molecule has 0 fully saturated rings. The molecular weight excluding hydrogens is 508 g/mol. The van der Waals surface area contributed by atoms with E-state index in [1.54, 1.807) is 0 Å². The number of benzene rings is 2. The predicted octanol–water partition coefficient (Wildman–Crippen LogP) is 4.91. The third-order valence-electron chi connectivity index (χ3n) is 5.48. The molecule has 0 saturated carbocycles. The van der Waals surface area contributed by atoms with Crippen molar-refractivity contribution in [3.8, 4) is 0 Å². The highest BCUT2D eigenvalue weighted by atomic mass is 79.9. The quantitative estimate of drug-likeness (QED) is 0.251. The zero-order valence-corrected chi connectivity index (χ0v) is 22.5. The van der Waals surface area contributed by atoms with Gasteiger partial charge >= 0.3 is 0 Å². The first-order valence-corrected chi connectivity index (χ1v) is 12.7. The van der Waals surface area contributed by atoms with Crippen LogP contribution < -0.4 is 5.32 Å². The lowest BCUT2D eigenvalue weighted by Gasteiger charge is -2.26. The average molecular weight is 544 g/mol. The molecule has 188 valence electrons. The highest BCUT2D eigenvalue weighted by Gasteiger charge is 2.16. The molecule has 0 aliphatic rings. The van der Waals surface area contributed by atoms with Gasteiger partial charge in [-0.05, 0) is 82.6 Å². The average Bonchev–Trinajstić information content (AvgIpc) is 3.22. The monoisotopic (exact) mass is 542 g/mol. The number of aromatic nitrogens is 1. The van der Waals surface area contributed by atoms with Crippen LogP contribution in [0.1, 0.15) is 48.8 Å². The number of carbonyl (C=O) groups excluding carboxylic acids is 2. The summed E-state index contributed by atoms with van der Waals surface area (Å²) >= 11 is 3.46. The minimum atomic E-state index is -0.413. The molecule has 1 aromatic heterocycles. The first-order chi connectivity index (χ1) is 16.6. The molecule has 0 aliphatic heterocycles. The van der Waals surface area contributed by atoms with Gasteiger partial charge in [-0.15, -0.1) is 0 Å². The zero-order valence-electron chi connectivity index (χ0n) is 20.9. The SMILES string of the molecule is CN(CCCc1ccc(CN(C=O)OC(C)(C)C)cc1)CCNC(=O)c1cc2cc(Br)ccc2[nH]1. The molecule has 3 aromatic rings. The second kappa shape index (κ2) is 12.3. The largest absolute Gasteiger partial charge is 0.351 e. The van der Waals surface area contributed by atoms with Crippen LogP contribution in [0.25, 0.3) is 10.9 Å². The molecule has 0 aliphatic carbocycles. The summed E-state index contributed by atoms with van der Waals surface area (Å²) in [4.78, 5) is 34.7. The van der Waals surface area contributed by atoms with E-state index in [0.717, 1.165) is 53.3 Å². The molecule has 0 spiro atoms. The van der Waals surface area contributed by atoms with Crippen LogP contribution in [-0.4, -0.2) is 59.5 Å². The van der Waals surface area contributed by atoms with Gasteiger partial charge in [-0.1, -0.05) is 40.2 Å². The lowest BCUT2D eigenvalue weighted by Crippen LogP contribution is -2.33. The van der Waals surface area contributed by atoms with Gasteiger partial charge in [0.2, 0.25) is 6.41 Å². The summed E-state index contributed by atoms with van der Waals surface area (Å²) in [6.45, 7) is 8.49. The molecule has 0 unspecified atom stereocenters. The van der Waals surface area contributed by atoms with Crippen molar-refractivity contribution < 1.29 is 14.4 Å². The summed E-state index contributed by atoms with van der Waals surface area (Å²) in [5, 5.41) is 5.33. The smallest absolute Gasteiger partial charge is 0.267 e. The summed E-state index contributed by atoms with van der Waals surface area (Å²) in [6.07, 6.45) is 2.71. The molecule has 0 bridgehead atoms. The number of aromatic amines is 1. The number of hydrogen-bond donors (Lipinski definition) is 2. The maximum Gasteiger partial charge on any atom is 0.267 e. The fourth-order valence-electron chi connectivity index (χ4n) is 3.78. The second-order valence-electron chi connectivity index (χ2n) is 9.78. The Hall–Kier alpha value is -2.68. The topological polar surface area (TPSA) is 77.7 Å². The fourth-order valence-corrected chi connectivity index (χ4v) is 4.16. The number of nitrogens with one attached hydrogen (secondary N) is 2. The van der Waals surface area contributed by atoms with Gasteiger partial charge in [0.25, 0.3) is 5.91 Å². The first kappa shape index (κ1) is 26.9. The van der Waals surface area contributed by atoms with Crippen molar-refractivity contribution in [1.29, 1.82) is 0 Å². The van der Waals surface area contributed by atoms with E-state index in [9.17, 15) is 9.59 Å². The Bertz CT molecular complexity index is 1120. The molecule has 8 heteroatoms. The van der Waals surface area contributed by atoms with Gasteiger partial charge in [-0.25, -0.2) is 5.06 Å². The Morgan fingerprint density at radius 1 is 1.09 bits per heavy atom. The number of amides is 2. The van der Waals surface area contributed by atoms with E-state index in [0.29, 0.717) is 18.8 Å². The second-order valence-corrected chi connectivity index (χ2v) is 10.7. The van der Waals surface area contributed by atoms with Crippen LogP contribution in [-0.2, 0) is 22.6 Å². The molecule has 2 aromatic carbocycles. The molecular formula is C27H35BrN4O3. The highest BCUT2D eigenvalue weighted by Crippen LogP contribution is 2.20. The van der Waals surface area contributed by atoms with Crippen molar-refractivity contribution >= 4 is 39.2 Å². The maximum absolute atomic E-state index is 12.5. The van der Waals surface area contributed by atoms with Crippen molar-refractivity contribution in [1.82, 2.24) is 20.3 Å². The summed E-state index contributed by atoms with van der Waals surface area (Å²) in [5.74, 6) is -0.0909. The fraction of sp³-hybridized carbons (Fsp3) is 0.407. The maximum atomic E-state index is 12.5. The van der Waals surface area contributed by atoms with E-state index in [4.69, 9.17) is 4.84 Å². The van der Waals surface area contributed by atoms with Gasteiger partial charge in [0, 0.05) is 28.5 Å². The number of likely N-dealkylation sites (N-methyl/N-ethyl adjacent to an activating group) is 1. The molecule has 3 rings (SSSR count). The molecule has 0 atom stereocenters. The number of rotatable bonds is 12. The molecule has 0 saturated heterocycles. The van der Waals surface area contributed by atoms with Crippen molar-refractivity contribution in [3.63, 3.8) is 0 Å². The van der Waals surface area contributed by atoms with Crippen LogP contribution >= 0.6 is 15.9 Å². The van der Waals surface area contributed by atoms with Crippen molar-refractivity contribution in [2.75, 3.05) is 26.7 Å². The predicted molar refractivity (Wildman–Crippen MR) is 143 cm³/mol. The molecule has 2 amide bonds. The number of halogens is 1. The number of aryl methyl sites for hydroxylation is 1. The molecule has 1 heterocycles. The van der Waals surface area contributed by atoms with Gasteiger partial charge in [-0.2, -0.15) is 0 Å². The highest BCUT2D eigenvalue weighted by molar-refractivity contribution is 9.10. The van der Waals surface area contributed by atoms with E-state index in [1.165, 1.54) is 10.6 Å². The Balaban J connectivity index is 1.35. The Kier molecular flexibility index (Phi) is 9.48. The van der Waals surface area contributed by atoms with Gasteiger partial charge in [0.1, 0.15) is 5.69 Å². The van der Waals surface area contributed by atoms with E-state index in [1.807, 2.05) is 57.2 Å². The standard InChI is InChI=1S/C27H35BrN4O3/c1-27(2,3)35-32(19-33)18-21-9-7-20(8-10-21)6-5-14-31(4)15-13-29-26(34)25-17-22-16-23(28)11-12-24(22)30-25/h7-12,16-17,19,30H,5-6,13-15,18H2,1-4H3,(H,29,34). The number of hydroxylamine groups is 2. The summed E-state index contributed by atoms with van der Waals surface area (Å²) in [6, 6.07) is 16.1. The van der Waals surface area contributed by atoms with Crippen molar-refractivity contribution in [3.05, 3.63) is 69.8 Å². The van der Waals surface area contributed by atoms with Crippen LogP contribution in [0.4, 0.5) is 0 Å². The zero-order chi connectivity index (χ0) is 25.4. The van der Waals surface area contributed by atoms with E-state index in [2.05, 4.69) is 50.3 Å². The minimum absolute atomic E-state index is 0.0909. The summed E-state index contributed by atoms with van der Waals surface area (Å²) in [7, 11) is 2.07. The van der Waals surface area contributed by atoms with Crippen LogP contribution in [0.2, 0.25) is 0 Å². The normalized spacial score (nSPS) is 11.7. The number of fused-ring (bicyclic) bond motifs is 1. The van der Waals surface area contributed by atoms with Gasteiger partial charge in [-0.3, -0.25) is 14.4 Å². The number of hydrogen-bond acceptors (Lipinski definition) is 4. The van der Waals surface area contributed by atoms with E-state index < -0.39 is 5.60 Å². The molecule has 7 nitrogen and oxygen atoms in total. The van der Waals surface area contributed by atoms with E-state index >= 15 is 0 Å². The number of carbonyl (C=O) groups is 2. The van der Waals surface area contributed by atoms with Gasteiger partial charge < -0.3 is 15.2 Å².